The number of nitrogens with zero attached hydrogens (tertiary/aromatic N) is 2. The van der Waals surface area contributed by atoms with Crippen LogP contribution in [0.25, 0.3) is 12.2 Å². The molecule has 0 saturated heterocycles. The van der Waals surface area contributed by atoms with Crippen LogP contribution in [0.3, 0.4) is 0 Å². The lowest BCUT2D eigenvalue weighted by Crippen LogP contribution is -2.35. The van der Waals surface area contributed by atoms with Gasteiger partial charge in [-0.2, -0.15) is 11.0 Å². The van der Waals surface area contributed by atoms with Crippen LogP contribution in [0.5, 0.6) is 0 Å². The Morgan fingerprint density at radius 2 is 0.955 bits per heavy atom. The largest absolute Gasteiger partial charge is 0.443 e. The first-order valence-corrected chi connectivity index (χ1v) is 14.0. The van der Waals surface area contributed by atoms with Crippen LogP contribution in [0.15, 0.2) is 61.2 Å². The lowest BCUT2D eigenvalue weighted by molar-refractivity contribution is -0.179. The van der Waals surface area contributed by atoms with Crippen LogP contribution in [-0.2, 0) is 38.4 Å². The van der Waals surface area contributed by atoms with Gasteiger partial charge in [0, 0.05) is 62.9 Å². The Hall–Kier alpha value is -5.40. The summed E-state index contributed by atoms with van der Waals surface area (Å²) in [6.45, 7) is 0.857. The van der Waals surface area contributed by atoms with Crippen molar-refractivity contribution in [1.82, 2.24) is 31.6 Å². The minimum absolute atomic E-state index is 0.0287. The fourth-order valence-electron chi connectivity index (χ4n) is 3.40. The number of hydrogen-bond donors (Lipinski definition) is 4. The van der Waals surface area contributed by atoms with E-state index >= 15 is 0 Å². The average Bonchev–Trinajstić information content (AvgIpc) is 3.04. The SMILES string of the molecule is O=C(/C=C/c1ccncc1)NCCCCCC(=O)NOC(=O)C(=O)ONC(=O)CCCCCNC(=O)/C=C/c1ccncc1. The molecule has 2 rings (SSSR count). The Morgan fingerprint density at radius 1 is 0.568 bits per heavy atom. The van der Waals surface area contributed by atoms with Crippen molar-refractivity contribution in [2.24, 2.45) is 0 Å². The van der Waals surface area contributed by atoms with Crippen molar-refractivity contribution in [1.29, 1.82) is 0 Å². The number of hydrogen-bond acceptors (Lipinski definition) is 10. The molecule has 14 nitrogen and oxygen atoms in total. The van der Waals surface area contributed by atoms with Crippen molar-refractivity contribution in [3.63, 3.8) is 0 Å². The number of rotatable bonds is 16. The lowest BCUT2D eigenvalue weighted by atomic mass is 10.2. The number of pyridine rings is 2. The Labute approximate surface area is 254 Å². The smallest absolute Gasteiger partial charge is 0.353 e. The fourth-order valence-corrected chi connectivity index (χ4v) is 3.40. The van der Waals surface area contributed by atoms with E-state index in [4.69, 9.17) is 0 Å². The molecule has 0 aromatic carbocycles. The highest BCUT2D eigenvalue weighted by molar-refractivity contribution is 6.29. The van der Waals surface area contributed by atoms with Crippen LogP contribution >= 0.6 is 0 Å². The summed E-state index contributed by atoms with van der Waals surface area (Å²) in [5.74, 6) is -4.73. The molecular formula is C30H36N6O8. The number of amides is 4. The minimum Gasteiger partial charge on any atom is -0.353 e. The molecule has 0 aliphatic carbocycles. The number of hydroxylamine groups is 2. The second-order valence-corrected chi connectivity index (χ2v) is 9.26. The van der Waals surface area contributed by atoms with Gasteiger partial charge in [-0.05, 0) is 73.2 Å². The molecule has 2 heterocycles. The van der Waals surface area contributed by atoms with Gasteiger partial charge in [-0.25, -0.2) is 9.59 Å². The van der Waals surface area contributed by atoms with E-state index in [0.29, 0.717) is 51.6 Å². The summed E-state index contributed by atoms with van der Waals surface area (Å²) in [6.07, 6.45) is 16.2. The Morgan fingerprint density at radius 3 is 1.34 bits per heavy atom. The predicted octanol–water partition coefficient (Wildman–Crippen LogP) is 1.71. The zero-order chi connectivity index (χ0) is 31.8. The van der Waals surface area contributed by atoms with Gasteiger partial charge in [-0.1, -0.05) is 12.8 Å². The molecule has 0 saturated carbocycles. The number of unbranched alkanes of at least 4 members (excludes halogenated alkanes) is 4. The normalized spacial score (nSPS) is 10.6. The van der Waals surface area contributed by atoms with Gasteiger partial charge < -0.3 is 20.3 Å². The van der Waals surface area contributed by atoms with Crippen molar-refractivity contribution in [3.05, 3.63) is 72.3 Å². The quantitative estimate of drug-likeness (QED) is 0.0943. The van der Waals surface area contributed by atoms with Gasteiger partial charge in [-0.3, -0.25) is 29.1 Å². The fraction of sp³-hybridized carbons (Fsp3) is 0.333. The second kappa shape index (κ2) is 21.3. The van der Waals surface area contributed by atoms with Crippen LogP contribution in [-0.4, -0.2) is 58.6 Å². The molecule has 0 atom stereocenters. The topological polar surface area (TPSA) is 195 Å². The average molecular weight is 609 g/mol. The molecule has 0 spiro atoms. The molecule has 2 aromatic heterocycles. The molecule has 14 heteroatoms. The molecule has 4 N–H and O–H groups in total. The summed E-state index contributed by atoms with van der Waals surface area (Å²) >= 11 is 0. The van der Waals surface area contributed by atoms with E-state index in [0.717, 1.165) is 11.1 Å². The van der Waals surface area contributed by atoms with E-state index in [-0.39, 0.29) is 24.7 Å². The number of nitrogens with one attached hydrogen (secondary N) is 4. The minimum atomic E-state index is -1.50. The van der Waals surface area contributed by atoms with Crippen LogP contribution in [0.4, 0.5) is 0 Å². The highest BCUT2D eigenvalue weighted by Gasteiger charge is 2.20. The summed E-state index contributed by atoms with van der Waals surface area (Å²) in [7, 11) is 0. The molecule has 0 aliphatic rings. The summed E-state index contributed by atoms with van der Waals surface area (Å²) in [4.78, 5) is 87.0. The molecule has 0 radical (unpaired) electrons. The van der Waals surface area contributed by atoms with Gasteiger partial charge in [0.25, 0.3) is 11.8 Å². The first-order chi connectivity index (χ1) is 21.3. The maximum Gasteiger partial charge on any atom is 0.443 e. The number of carbonyl (C=O) groups excluding carboxylic acids is 6. The molecule has 0 aliphatic heterocycles. The second-order valence-electron chi connectivity index (χ2n) is 9.26. The summed E-state index contributed by atoms with van der Waals surface area (Å²) in [5, 5.41) is 5.47. The molecular weight excluding hydrogens is 572 g/mol. The first kappa shape index (κ1) is 34.8. The Kier molecular flexibility index (Phi) is 16.9. The zero-order valence-electron chi connectivity index (χ0n) is 24.2. The zero-order valence-corrected chi connectivity index (χ0v) is 24.2. The molecule has 0 bridgehead atoms. The third-order valence-electron chi connectivity index (χ3n) is 5.71. The van der Waals surface area contributed by atoms with E-state index in [9.17, 15) is 28.8 Å². The van der Waals surface area contributed by atoms with Crippen LogP contribution in [0.1, 0.15) is 62.5 Å². The highest BCUT2D eigenvalue weighted by Crippen LogP contribution is 2.02. The van der Waals surface area contributed by atoms with Crippen molar-refractivity contribution in [2.75, 3.05) is 13.1 Å². The Bertz CT molecular complexity index is 1190. The third-order valence-corrected chi connectivity index (χ3v) is 5.71. The maximum atomic E-state index is 11.8. The van der Waals surface area contributed by atoms with Crippen LogP contribution in [0, 0.1) is 0 Å². The molecule has 44 heavy (non-hydrogen) atoms. The summed E-state index contributed by atoms with van der Waals surface area (Å²) in [6, 6.07) is 7.09. The van der Waals surface area contributed by atoms with Crippen LogP contribution in [0.2, 0.25) is 0 Å². The third kappa shape index (κ3) is 16.8. The van der Waals surface area contributed by atoms with Crippen molar-refractivity contribution >= 4 is 47.7 Å². The molecule has 2 aromatic rings. The van der Waals surface area contributed by atoms with Crippen molar-refractivity contribution in [3.8, 4) is 0 Å². The standard InChI is InChI=1S/C30H36N6O8/c37-25(11-9-23-13-19-31-20-14-23)33-17-5-1-3-7-27(39)35-43-29(41)30(42)44-36-28(40)8-4-2-6-18-34-26(38)12-10-24-15-21-32-22-16-24/h9-16,19-22H,1-8,17-18H2,(H,33,37)(H,34,38)(H,35,39)(H,36,40)/b11-9+,12-10+. The summed E-state index contributed by atoms with van der Waals surface area (Å²) < 4.78 is 0. The van der Waals surface area contributed by atoms with Gasteiger partial charge in [0.1, 0.15) is 0 Å². The van der Waals surface area contributed by atoms with Gasteiger partial charge >= 0.3 is 11.9 Å². The van der Waals surface area contributed by atoms with E-state index in [1.54, 1.807) is 61.2 Å². The van der Waals surface area contributed by atoms with Crippen molar-refractivity contribution < 1.29 is 38.4 Å². The van der Waals surface area contributed by atoms with E-state index < -0.39 is 23.8 Å². The predicted molar refractivity (Wildman–Crippen MR) is 158 cm³/mol. The van der Waals surface area contributed by atoms with Crippen LogP contribution < -0.4 is 21.6 Å². The van der Waals surface area contributed by atoms with Gasteiger partial charge in [0.05, 0.1) is 0 Å². The maximum absolute atomic E-state index is 11.8. The van der Waals surface area contributed by atoms with E-state index in [1.807, 2.05) is 11.0 Å². The number of carbonyl (C=O) groups is 6. The number of aromatic nitrogens is 2. The monoisotopic (exact) mass is 608 g/mol. The van der Waals surface area contributed by atoms with E-state index in [2.05, 4.69) is 30.3 Å². The van der Waals surface area contributed by atoms with Gasteiger partial charge in [-0.15, -0.1) is 0 Å². The molecule has 0 unspecified atom stereocenters. The first-order valence-electron chi connectivity index (χ1n) is 14.0. The highest BCUT2D eigenvalue weighted by atomic mass is 16.7. The van der Waals surface area contributed by atoms with Crippen molar-refractivity contribution in [2.45, 2.75) is 51.4 Å². The molecule has 4 amide bonds. The molecule has 234 valence electrons. The molecule has 0 fully saturated rings. The Balaban J connectivity index is 1.43. The van der Waals surface area contributed by atoms with Gasteiger partial charge in [0.2, 0.25) is 11.8 Å². The van der Waals surface area contributed by atoms with E-state index in [1.165, 1.54) is 12.2 Å². The lowest BCUT2D eigenvalue weighted by Gasteiger charge is -2.07. The van der Waals surface area contributed by atoms with Gasteiger partial charge in [0.15, 0.2) is 0 Å². The summed E-state index contributed by atoms with van der Waals surface area (Å²) in [5.41, 5.74) is 5.41.